The van der Waals surface area contributed by atoms with Gasteiger partial charge < -0.3 is 33.8 Å². The third-order valence-electron chi connectivity index (χ3n) is 20.5. The molecule has 106 heavy (non-hydrogen) atoms. The number of aliphatic hydroxyl groups excluding tert-OH is 1. The lowest BCUT2D eigenvalue weighted by atomic mass is 10.0. The summed E-state index contributed by atoms with van der Waals surface area (Å²) in [5.74, 6) is -1.37. The summed E-state index contributed by atoms with van der Waals surface area (Å²) in [4.78, 5) is 73.2. The molecular formula is C87H170O17P2. The standard InChI is InChI=1S/C87H170O17P2/c1-6-9-12-15-18-21-24-26-28-30-32-34-36-38-40-42-44-46-51-56-61-66-71-85(90)98-77-82(103-86(91)72-67-62-57-52-47-45-43-41-39-37-35-33-31-29-27-25-22-19-16-13-10-7-2)78-101-105(93,94)99-74-81(88)75-100-106(95,96)102-79-83(76-97-84(89)70-65-60-55-50-23-20-17-14-11-8-3)104-87(92)73-68-63-58-53-48-49-54-59-64-69-80(4)5/h80-83,88H,6-79H2,1-5H3,(H,93,94)(H,95,96)/t81-,82-,83-/m1/s1. The van der Waals surface area contributed by atoms with E-state index in [4.69, 9.17) is 37.0 Å². The van der Waals surface area contributed by atoms with Gasteiger partial charge in [0.1, 0.15) is 19.3 Å². The summed E-state index contributed by atoms with van der Waals surface area (Å²) in [6.07, 6.45) is 73.9. The first-order chi connectivity index (χ1) is 51.5. The summed E-state index contributed by atoms with van der Waals surface area (Å²) < 4.78 is 68.8. The molecule has 0 amide bonds. The Morgan fingerprint density at radius 2 is 0.434 bits per heavy atom. The van der Waals surface area contributed by atoms with Crippen LogP contribution in [0, 0.1) is 5.92 Å². The Morgan fingerprint density at radius 1 is 0.255 bits per heavy atom. The van der Waals surface area contributed by atoms with Gasteiger partial charge in [-0.2, -0.15) is 0 Å². The van der Waals surface area contributed by atoms with Crippen LogP contribution in [0.4, 0.5) is 0 Å². The van der Waals surface area contributed by atoms with Gasteiger partial charge in [0.25, 0.3) is 0 Å². The van der Waals surface area contributed by atoms with Gasteiger partial charge in [-0.3, -0.25) is 37.3 Å². The Hall–Kier alpha value is -1.94. The average molecular weight is 1550 g/mol. The second kappa shape index (κ2) is 79.7. The maximum Gasteiger partial charge on any atom is 0.472 e. The van der Waals surface area contributed by atoms with Crippen LogP contribution in [-0.2, 0) is 65.4 Å². The number of phosphoric ester groups is 2. The van der Waals surface area contributed by atoms with Gasteiger partial charge in [-0.1, -0.05) is 420 Å². The summed E-state index contributed by atoms with van der Waals surface area (Å²) in [6, 6.07) is 0. The minimum atomic E-state index is -4.97. The first-order valence-corrected chi connectivity index (χ1v) is 48.1. The van der Waals surface area contributed by atoms with Crippen LogP contribution in [0.25, 0.3) is 0 Å². The second-order valence-corrected chi connectivity index (χ2v) is 34.7. The number of esters is 4. The van der Waals surface area contributed by atoms with Crippen LogP contribution in [-0.4, -0.2) is 96.7 Å². The second-order valence-electron chi connectivity index (χ2n) is 31.8. The molecule has 0 aliphatic rings. The first-order valence-electron chi connectivity index (χ1n) is 45.1. The van der Waals surface area contributed by atoms with E-state index >= 15 is 0 Å². The van der Waals surface area contributed by atoms with Gasteiger partial charge in [0.15, 0.2) is 12.2 Å². The van der Waals surface area contributed by atoms with Crippen LogP contribution in [0.5, 0.6) is 0 Å². The van der Waals surface area contributed by atoms with Crippen molar-refractivity contribution in [2.45, 2.75) is 490 Å². The summed E-state index contributed by atoms with van der Waals surface area (Å²) in [7, 11) is -9.92. The average Bonchev–Trinajstić information content (AvgIpc) is 0.904. The minimum absolute atomic E-state index is 0.106. The molecule has 0 aromatic carbocycles. The molecule has 5 atom stereocenters. The Labute approximate surface area is 651 Å². The summed E-state index contributed by atoms with van der Waals surface area (Å²) in [5.41, 5.74) is 0. The minimum Gasteiger partial charge on any atom is -0.462 e. The van der Waals surface area contributed by atoms with Gasteiger partial charge in [-0.25, -0.2) is 9.13 Å². The van der Waals surface area contributed by atoms with Crippen LogP contribution >= 0.6 is 15.6 Å². The number of hydrogen-bond acceptors (Lipinski definition) is 15. The van der Waals surface area contributed by atoms with E-state index in [9.17, 15) is 43.2 Å². The zero-order valence-electron chi connectivity index (χ0n) is 69.6. The molecule has 0 aromatic rings. The molecule has 0 saturated heterocycles. The first kappa shape index (κ1) is 104. The van der Waals surface area contributed by atoms with Crippen LogP contribution in [0.2, 0.25) is 0 Å². The quantitative estimate of drug-likeness (QED) is 0.0222. The number of carbonyl (C=O) groups is 4. The number of hydrogen-bond donors (Lipinski definition) is 3. The summed E-state index contributed by atoms with van der Waals surface area (Å²) in [5, 5.41) is 10.7. The van der Waals surface area contributed by atoms with E-state index in [0.717, 1.165) is 95.8 Å². The molecule has 2 unspecified atom stereocenters. The predicted octanol–water partition coefficient (Wildman–Crippen LogP) is 26.8. The third kappa shape index (κ3) is 80.1. The number of carbonyl (C=O) groups excluding carboxylic acids is 4. The van der Waals surface area contributed by atoms with Crippen LogP contribution in [0.3, 0.4) is 0 Å². The van der Waals surface area contributed by atoms with Gasteiger partial charge in [0.2, 0.25) is 0 Å². The van der Waals surface area contributed by atoms with Crippen molar-refractivity contribution in [2.75, 3.05) is 39.6 Å². The maximum atomic E-state index is 13.2. The third-order valence-corrected chi connectivity index (χ3v) is 22.4. The van der Waals surface area contributed by atoms with E-state index in [0.29, 0.717) is 25.7 Å². The van der Waals surface area contributed by atoms with Gasteiger partial charge in [0.05, 0.1) is 26.4 Å². The Balaban J connectivity index is 5.18. The maximum absolute atomic E-state index is 13.2. The molecule has 0 spiro atoms. The largest absolute Gasteiger partial charge is 0.472 e. The van der Waals surface area contributed by atoms with Crippen LogP contribution in [0.1, 0.15) is 471 Å². The van der Waals surface area contributed by atoms with Gasteiger partial charge >= 0.3 is 39.5 Å². The molecule has 0 aromatic heterocycles. The molecule has 0 aliphatic carbocycles. The molecule has 0 rings (SSSR count). The topological polar surface area (TPSA) is 237 Å². The lowest BCUT2D eigenvalue weighted by Gasteiger charge is -2.21. The molecule has 630 valence electrons. The lowest BCUT2D eigenvalue weighted by molar-refractivity contribution is -0.161. The zero-order valence-corrected chi connectivity index (χ0v) is 71.4. The molecule has 0 heterocycles. The monoisotopic (exact) mass is 1550 g/mol. The molecule has 0 radical (unpaired) electrons. The normalized spacial score (nSPS) is 13.7. The fourth-order valence-corrected chi connectivity index (χ4v) is 15.2. The number of rotatable bonds is 87. The highest BCUT2D eigenvalue weighted by Gasteiger charge is 2.30. The number of aliphatic hydroxyl groups is 1. The van der Waals surface area contributed by atoms with E-state index in [1.54, 1.807) is 0 Å². The van der Waals surface area contributed by atoms with Gasteiger partial charge in [-0.05, 0) is 31.6 Å². The Bertz CT molecular complexity index is 2010. The van der Waals surface area contributed by atoms with Crippen molar-refractivity contribution in [2.24, 2.45) is 5.92 Å². The van der Waals surface area contributed by atoms with E-state index in [1.165, 1.54) is 295 Å². The zero-order chi connectivity index (χ0) is 77.6. The highest BCUT2D eigenvalue weighted by molar-refractivity contribution is 7.47. The molecule has 3 N–H and O–H groups in total. The Morgan fingerprint density at radius 3 is 0.642 bits per heavy atom. The summed E-state index contributed by atoms with van der Waals surface area (Å²) in [6.45, 7) is 7.32. The molecule has 19 heteroatoms. The smallest absolute Gasteiger partial charge is 0.462 e. The molecular weight excluding hydrogens is 1380 g/mol. The number of ether oxygens (including phenoxy) is 4. The van der Waals surface area contributed by atoms with E-state index in [1.807, 2.05) is 0 Å². The fraction of sp³-hybridized carbons (Fsp3) is 0.954. The molecule has 0 saturated carbocycles. The molecule has 0 fully saturated rings. The highest BCUT2D eigenvalue weighted by atomic mass is 31.2. The van der Waals surface area contributed by atoms with Crippen molar-refractivity contribution in [1.82, 2.24) is 0 Å². The Kier molecular flexibility index (Phi) is 78.2. The van der Waals surface area contributed by atoms with Crippen molar-refractivity contribution in [1.29, 1.82) is 0 Å². The number of phosphoric acid groups is 2. The van der Waals surface area contributed by atoms with Crippen molar-refractivity contribution in [3.63, 3.8) is 0 Å². The van der Waals surface area contributed by atoms with Crippen LogP contribution < -0.4 is 0 Å². The lowest BCUT2D eigenvalue weighted by Crippen LogP contribution is -2.30. The van der Waals surface area contributed by atoms with Crippen molar-refractivity contribution < 1.29 is 80.2 Å². The number of unbranched alkanes of at least 4 members (excludes halogenated alkanes) is 59. The molecule has 0 aliphatic heterocycles. The van der Waals surface area contributed by atoms with Crippen LogP contribution in [0.15, 0.2) is 0 Å². The summed E-state index contributed by atoms with van der Waals surface area (Å²) >= 11 is 0. The van der Waals surface area contributed by atoms with Crippen molar-refractivity contribution in [3.8, 4) is 0 Å². The van der Waals surface area contributed by atoms with Crippen molar-refractivity contribution in [3.05, 3.63) is 0 Å². The van der Waals surface area contributed by atoms with E-state index in [-0.39, 0.29) is 25.7 Å². The van der Waals surface area contributed by atoms with E-state index in [2.05, 4.69) is 34.6 Å². The van der Waals surface area contributed by atoms with E-state index < -0.39 is 97.5 Å². The molecule has 0 bridgehead atoms. The highest BCUT2D eigenvalue weighted by Crippen LogP contribution is 2.45. The SMILES string of the molecule is CCCCCCCCCCCCCCCCCCCCCCCCC(=O)OC[C@H](COP(=O)(O)OC[C@@H](O)COP(=O)(O)OC[C@@H](COC(=O)CCCCCCCCCCCC)OC(=O)CCCCCCCCCCCC(C)C)OC(=O)CCCCCCCCCCCCCCCCCCCCCCCC. The van der Waals surface area contributed by atoms with Gasteiger partial charge in [-0.15, -0.1) is 0 Å². The van der Waals surface area contributed by atoms with Gasteiger partial charge in [0, 0.05) is 25.7 Å². The predicted molar refractivity (Wildman–Crippen MR) is 437 cm³/mol. The van der Waals surface area contributed by atoms with Crippen molar-refractivity contribution >= 4 is 39.5 Å². The molecule has 17 nitrogen and oxygen atoms in total. The fourth-order valence-electron chi connectivity index (χ4n) is 13.6.